The SMILES string of the molecule is CCNC(Cc1nc(C2(C)CCCO2)no1)C(C)(C)C. The maximum absolute atomic E-state index is 5.76. The Bertz CT molecular complexity index is 431. The Balaban J connectivity index is 2.08. The second-order valence-electron chi connectivity index (χ2n) is 6.88. The lowest BCUT2D eigenvalue weighted by Crippen LogP contribution is -2.42. The summed E-state index contributed by atoms with van der Waals surface area (Å²) >= 11 is 0. The Hall–Kier alpha value is -0.940. The Labute approximate surface area is 121 Å². The minimum absolute atomic E-state index is 0.151. The highest BCUT2D eigenvalue weighted by Gasteiger charge is 2.37. The van der Waals surface area contributed by atoms with Gasteiger partial charge in [-0.1, -0.05) is 32.9 Å². The van der Waals surface area contributed by atoms with Crippen molar-refractivity contribution in [3.05, 3.63) is 11.7 Å². The van der Waals surface area contributed by atoms with E-state index in [0.717, 1.165) is 32.4 Å². The van der Waals surface area contributed by atoms with E-state index in [-0.39, 0.29) is 11.0 Å². The average molecular weight is 281 g/mol. The van der Waals surface area contributed by atoms with Crippen LogP contribution in [0.2, 0.25) is 0 Å². The molecule has 1 aliphatic heterocycles. The summed E-state index contributed by atoms with van der Waals surface area (Å²) in [6, 6.07) is 0.318. The maximum Gasteiger partial charge on any atom is 0.228 e. The first-order valence-corrected chi connectivity index (χ1v) is 7.55. The van der Waals surface area contributed by atoms with E-state index >= 15 is 0 Å². The van der Waals surface area contributed by atoms with Crippen molar-refractivity contribution in [2.24, 2.45) is 5.41 Å². The van der Waals surface area contributed by atoms with Crippen molar-refractivity contribution in [3.63, 3.8) is 0 Å². The summed E-state index contributed by atoms with van der Waals surface area (Å²) < 4.78 is 11.2. The van der Waals surface area contributed by atoms with Crippen molar-refractivity contribution in [1.29, 1.82) is 0 Å². The molecule has 2 heterocycles. The fourth-order valence-corrected chi connectivity index (χ4v) is 2.61. The largest absolute Gasteiger partial charge is 0.367 e. The Morgan fingerprint density at radius 1 is 1.40 bits per heavy atom. The molecule has 20 heavy (non-hydrogen) atoms. The van der Waals surface area contributed by atoms with Crippen LogP contribution in [0.1, 0.15) is 59.2 Å². The molecule has 1 aliphatic rings. The minimum atomic E-state index is -0.364. The van der Waals surface area contributed by atoms with Crippen molar-refractivity contribution in [2.75, 3.05) is 13.2 Å². The normalized spacial score (nSPS) is 25.1. The van der Waals surface area contributed by atoms with Gasteiger partial charge >= 0.3 is 0 Å². The molecule has 0 spiro atoms. The van der Waals surface area contributed by atoms with Crippen LogP contribution >= 0.6 is 0 Å². The first kappa shape index (κ1) is 15.4. The fourth-order valence-electron chi connectivity index (χ4n) is 2.61. The lowest BCUT2D eigenvalue weighted by Gasteiger charge is -2.30. The lowest BCUT2D eigenvalue weighted by molar-refractivity contribution is 0.00768. The quantitative estimate of drug-likeness (QED) is 0.899. The highest BCUT2D eigenvalue weighted by atomic mass is 16.5. The van der Waals surface area contributed by atoms with E-state index in [1.165, 1.54) is 0 Å². The number of aromatic nitrogens is 2. The van der Waals surface area contributed by atoms with Crippen LogP contribution in [-0.2, 0) is 16.8 Å². The van der Waals surface area contributed by atoms with Gasteiger partial charge in [-0.25, -0.2) is 0 Å². The van der Waals surface area contributed by atoms with Crippen LogP contribution in [0.4, 0.5) is 0 Å². The molecule has 1 N–H and O–H groups in total. The zero-order valence-corrected chi connectivity index (χ0v) is 13.3. The van der Waals surface area contributed by atoms with Crippen LogP contribution in [0.15, 0.2) is 4.52 Å². The molecule has 5 nitrogen and oxygen atoms in total. The first-order chi connectivity index (χ1) is 9.35. The topological polar surface area (TPSA) is 60.2 Å². The van der Waals surface area contributed by atoms with Crippen LogP contribution in [0.25, 0.3) is 0 Å². The number of likely N-dealkylation sites (N-methyl/N-ethyl adjacent to an activating group) is 1. The van der Waals surface area contributed by atoms with Crippen LogP contribution in [0.5, 0.6) is 0 Å². The molecule has 1 aromatic heterocycles. The summed E-state index contributed by atoms with van der Waals surface area (Å²) in [4.78, 5) is 4.56. The Morgan fingerprint density at radius 3 is 2.70 bits per heavy atom. The molecule has 0 bridgehead atoms. The molecule has 0 saturated carbocycles. The molecule has 2 unspecified atom stereocenters. The summed E-state index contributed by atoms with van der Waals surface area (Å²) in [5, 5.41) is 7.63. The van der Waals surface area contributed by atoms with Crippen LogP contribution < -0.4 is 5.32 Å². The van der Waals surface area contributed by atoms with Gasteiger partial charge in [0, 0.05) is 19.1 Å². The van der Waals surface area contributed by atoms with Gasteiger partial charge in [0.15, 0.2) is 0 Å². The third-order valence-electron chi connectivity index (χ3n) is 4.03. The van der Waals surface area contributed by atoms with Gasteiger partial charge in [-0.2, -0.15) is 4.98 Å². The number of ether oxygens (including phenoxy) is 1. The van der Waals surface area contributed by atoms with Crippen molar-refractivity contribution in [3.8, 4) is 0 Å². The standard InChI is InChI=1S/C15H27N3O2/c1-6-16-11(14(2,3)4)10-12-17-13(18-20-12)15(5)8-7-9-19-15/h11,16H,6-10H2,1-5H3. The first-order valence-electron chi connectivity index (χ1n) is 7.55. The highest BCUT2D eigenvalue weighted by Crippen LogP contribution is 2.33. The van der Waals surface area contributed by atoms with Gasteiger partial charge in [0.25, 0.3) is 0 Å². The second kappa shape index (κ2) is 5.82. The van der Waals surface area contributed by atoms with E-state index < -0.39 is 0 Å². The summed E-state index contributed by atoms with van der Waals surface area (Å²) in [6.45, 7) is 12.5. The number of nitrogens with one attached hydrogen (secondary N) is 1. The molecular weight excluding hydrogens is 254 g/mol. The van der Waals surface area contributed by atoms with Gasteiger partial charge in [0.05, 0.1) is 0 Å². The molecule has 2 rings (SSSR count). The highest BCUT2D eigenvalue weighted by molar-refractivity contribution is 5.02. The zero-order chi connectivity index (χ0) is 14.8. The number of hydrogen-bond donors (Lipinski definition) is 1. The molecule has 5 heteroatoms. The lowest BCUT2D eigenvalue weighted by atomic mass is 9.84. The summed E-state index contributed by atoms with van der Waals surface area (Å²) in [5.41, 5.74) is -0.213. The van der Waals surface area contributed by atoms with Crippen LogP contribution in [0, 0.1) is 5.41 Å². The van der Waals surface area contributed by atoms with E-state index in [1.54, 1.807) is 0 Å². The molecule has 0 aromatic carbocycles. The van der Waals surface area contributed by atoms with Crippen molar-refractivity contribution >= 4 is 0 Å². The number of rotatable bonds is 5. The van der Waals surface area contributed by atoms with Crippen molar-refractivity contribution in [1.82, 2.24) is 15.5 Å². The molecule has 114 valence electrons. The molecule has 0 aliphatic carbocycles. The predicted molar refractivity (Wildman–Crippen MR) is 77.5 cm³/mol. The Kier molecular flexibility index (Phi) is 4.49. The van der Waals surface area contributed by atoms with E-state index in [2.05, 4.69) is 43.2 Å². The van der Waals surface area contributed by atoms with Gasteiger partial charge < -0.3 is 14.6 Å². The van der Waals surface area contributed by atoms with Gasteiger partial charge in [-0.05, 0) is 31.7 Å². The average Bonchev–Trinajstić information content (AvgIpc) is 2.97. The van der Waals surface area contributed by atoms with Crippen molar-refractivity contribution < 1.29 is 9.26 Å². The smallest absolute Gasteiger partial charge is 0.228 e. The van der Waals surface area contributed by atoms with E-state index in [9.17, 15) is 0 Å². The van der Waals surface area contributed by atoms with E-state index in [1.807, 2.05) is 6.92 Å². The molecule has 2 atom stereocenters. The van der Waals surface area contributed by atoms with Crippen molar-refractivity contribution in [2.45, 2.75) is 65.5 Å². The number of hydrogen-bond acceptors (Lipinski definition) is 5. The summed E-state index contributed by atoms with van der Waals surface area (Å²) in [5.74, 6) is 1.38. The predicted octanol–water partition coefficient (Wildman–Crippen LogP) is 2.66. The molecular formula is C15H27N3O2. The second-order valence-corrected chi connectivity index (χ2v) is 6.88. The molecule has 0 amide bonds. The van der Waals surface area contributed by atoms with E-state index in [4.69, 9.17) is 9.26 Å². The third-order valence-corrected chi connectivity index (χ3v) is 4.03. The molecule has 0 radical (unpaired) electrons. The third kappa shape index (κ3) is 3.38. The van der Waals surface area contributed by atoms with Crippen LogP contribution in [0.3, 0.4) is 0 Å². The van der Waals surface area contributed by atoms with E-state index in [0.29, 0.717) is 17.8 Å². The minimum Gasteiger partial charge on any atom is -0.367 e. The van der Waals surface area contributed by atoms with Gasteiger partial charge in [-0.15, -0.1) is 0 Å². The number of nitrogens with zero attached hydrogens (tertiary/aromatic N) is 2. The molecule has 1 saturated heterocycles. The van der Waals surface area contributed by atoms with Gasteiger partial charge in [-0.3, -0.25) is 0 Å². The molecule has 1 aromatic rings. The zero-order valence-electron chi connectivity index (χ0n) is 13.3. The summed E-state index contributed by atoms with van der Waals surface area (Å²) in [6.07, 6.45) is 2.77. The molecule has 1 fully saturated rings. The summed E-state index contributed by atoms with van der Waals surface area (Å²) in [7, 11) is 0. The monoisotopic (exact) mass is 281 g/mol. The maximum atomic E-state index is 5.76. The van der Waals surface area contributed by atoms with Gasteiger partial charge in [0.1, 0.15) is 5.60 Å². The Morgan fingerprint density at radius 2 is 2.15 bits per heavy atom. The van der Waals surface area contributed by atoms with Gasteiger partial charge in [0.2, 0.25) is 11.7 Å². The van der Waals surface area contributed by atoms with Crippen LogP contribution in [-0.4, -0.2) is 29.3 Å². The fraction of sp³-hybridized carbons (Fsp3) is 0.867.